The predicted octanol–water partition coefficient (Wildman–Crippen LogP) is 3.65. The fraction of sp³-hybridized carbons (Fsp3) is 0.533. The largest absolute Gasteiger partial charge is 0.325 e. The first-order valence-corrected chi connectivity index (χ1v) is 10.6. The predicted molar refractivity (Wildman–Crippen MR) is 95.7 cm³/mol. The molecule has 10 heteroatoms. The second-order valence-corrected chi connectivity index (χ2v) is 9.22. The number of thioether (sulfide) groups is 1. The van der Waals surface area contributed by atoms with Crippen molar-refractivity contribution >= 4 is 45.0 Å². The molecule has 1 fully saturated rings. The maximum absolute atomic E-state index is 12.7. The number of amides is 1. The Balaban J connectivity index is 2.03. The van der Waals surface area contributed by atoms with Crippen LogP contribution in [0.4, 0.5) is 14.5 Å². The molecule has 0 spiro atoms. The second-order valence-electron chi connectivity index (χ2n) is 5.56. The van der Waals surface area contributed by atoms with Crippen LogP contribution in [-0.4, -0.2) is 43.2 Å². The van der Waals surface area contributed by atoms with E-state index in [1.807, 2.05) is 0 Å². The summed E-state index contributed by atoms with van der Waals surface area (Å²) in [5, 5.41) is 2.79. The third-order valence-electron chi connectivity index (χ3n) is 4.01. The lowest BCUT2D eigenvalue weighted by Gasteiger charge is -2.30. The average molecular weight is 413 g/mol. The van der Waals surface area contributed by atoms with Gasteiger partial charge in [0.15, 0.2) is 0 Å². The summed E-state index contributed by atoms with van der Waals surface area (Å²) in [7, 11) is -3.26. The van der Waals surface area contributed by atoms with Crippen LogP contribution in [0.3, 0.4) is 0 Å². The number of carbonyl (C=O) groups is 1. The third-order valence-corrected chi connectivity index (χ3v) is 7.18. The monoisotopic (exact) mass is 412 g/mol. The van der Waals surface area contributed by atoms with Crippen molar-refractivity contribution in [3.8, 4) is 0 Å². The minimum absolute atomic E-state index is 0.0284. The van der Waals surface area contributed by atoms with Crippen LogP contribution in [0.25, 0.3) is 0 Å². The summed E-state index contributed by atoms with van der Waals surface area (Å²) in [6.45, 7) is 2.14. The molecule has 5 nitrogen and oxygen atoms in total. The lowest BCUT2D eigenvalue weighted by molar-refractivity contribution is -0.120. The Kier molecular flexibility index (Phi) is 7.07. The minimum Gasteiger partial charge on any atom is -0.325 e. The van der Waals surface area contributed by atoms with Gasteiger partial charge in [-0.2, -0.15) is 8.78 Å². The molecule has 140 valence electrons. The molecule has 1 aromatic rings. The Morgan fingerprint density at radius 3 is 2.60 bits per heavy atom. The highest BCUT2D eigenvalue weighted by Crippen LogP contribution is 2.38. The SMILES string of the molecule is CCS(=O)(=O)N1CCC(C(=O)Nc2cccc(Cl)c2SC(F)F)CC1. The summed E-state index contributed by atoms with van der Waals surface area (Å²) < 4.78 is 50.5. The van der Waals surface area contributed by atoms with E-state index >= 15 is 0 Å². The van der Waals surface area contributed by atoms with Gasteiger partial charge in [0.1, 0.15) is 0 Å². The number of nitrogens with one attached hydrogen (secondary N) is 1. The standard InChI is InChI=1S/C15H19ClF2N2O3S2/c1-2-25(22,23)20-8-6-10(7-9-20)14(21)19-12-5-3-4-11(16)13(12)24-15(17)18/h3-5,10,15H,2,6-9H2,1H3,(H,19,21). The van der Waals surface area contributed by atoms with Gasteiger partial charge in [0, 0.05) is 19.0 Å². The summed E-state index contributed by atoms with van der Waals surface area (Å²) >= 11 is 6.23. The zero-order valence-electron chi connectivity index (χ0n) is 13.5. The van der Waals surface area contributed by atoms with E-state index < -0.39 is 15.8 Å². The van der Waals surface area contributed by atoms with E-state index in [2.05, 4.69) is 5.32 Å². The molecular formula is C15H19ClF2N2O3S2. The number of sulfonamides is 1. The van der Waals surface area contributed by atoms with Gasteiger partial charge in [-0.05, 0) is 31.9 Å². The van der Waals surface area contributed by atoms with Crippen LogP contribution in [0.5, 0.6) is 0 Å². The molecule has 0 atom stereocenters. The van der Waals surface area contributed by atoms with E-state index in [1.54, 1.807) is 13.0 Å². The topological polar surface area (TPSA) is 66.5 Å². The molecule has 1 aliphatic heterocycles. The summed E-state index contributed by atoms with van der Waals surface area (Å²) in [4.78, 5) is 12.5. The van der Waals surface area contributed by atoms with Gasteiger partial charge in [0.25, 0.3) is 5.76 Å². The van der Waals surface area contributed by atoms with Crippen molar-refractivity contribution in [2.24, 2.45) is 5.92 Å². The molecule has 1 heterocycles. The number of hydrogen-bond acceptors (Lipinski definition) is 4. The lowest BCUT2D eigenvalue weighted by Crippen LogP contribution is -2.42. The molecule has 0 aliphatic carbocycles. The van der Waals surface area contributed by atoms with Crippen molar-refractivity contribution in [3.05, 3.63) is 23.2 Å². The van der Waals surface area contributed by atoms with E-state index in [0.29, 0.717) is 12.8 Å². The van der Waals surface area contributed by atoms with Crippen molar-refractivity contribution in [2.45, 2.75) is 30.4 Å². The lowest BCUT2D eigenvalue weighted by atomic mass is 9.97. The smallest absolute Gasteiger partial charge is 0.289 e. The van der Waals surface area contributed by atoms with Crippen molar-refractivity contribution in [1.82, 2.24) is 4.31 Å². The van der Waals surface area contributed by atoms with Crippen molar-refractivity contribution in [1.29, 1.82) is 0 Å². The number of nitrogens with zero attached hydrogens (tertiary/aromatic N) is 1. The van der Waals surface area contributed by atoms with Gasteiger partial charge in [-0.3, -0.25) is 4.79 Å². The van der Waals surface area contributed by atoms with Crippen molar-refractivity contribution < 1.29 is 22.0 Å². The van der Waals surface area contributed by atoms with E-state index in [-0.39, 0.29) is 58.0 Å². The van der Waals surface area contributed by atoms with E-state index in [0.717, 1.165) is 0 Å². The zero-order chi connectivity index (χ0) is 18.6. The van der Waals surface area contributed by atoms with Crippen LogP contribution in [0.2, 0.25) is 5.02 Å². The molecule has 2 rings (SSSR count). The maximum Gasteiger partial charge on any atom is 0.289 e. The Labute approximate surface area is 155 Å². The molecular weight excluding hydrogens is 394 g/mol. The van der Waals surface area contributed by atoms with E-state index in [4.69, 9.17) is 11.6 Å². The number of carbonyl (C=O) groups excluding carboxylic acids is 1. The maximum atomic E-state index is 12.7. The Hall–Kier alpha value is -0.900. The number of anilines is 1. The molecule has 1 saturated heterocycles. The Bertz CT molecular complexity index is 723. The number of piperidine rings is 1. The fourth-order valence-electron chi connectivity index (χ4n) is 2.63. The van der Waals surface area contributed by atoms with Crippen LogP contribution < -0.4 is 5.32 Å². The first-order valence-electron chi connectivity index (χ1n) is 7.76. The number of alkyl halides is 2. The van der Waals surface area contributed by atoms with Gasteiger partial charge in [-0.15, -0.1) is 0 Å². The molecule has 1 N–H and O–H groups in total. The molecule has 1 aliphatic rings. The quantitative estimate of drug-likeness (QED) is 0.724. The van der Waals surface area contributed by atoms with Crippen LogP contribution in [0, 0.1) is 5.92 Å². The molecule has 0 bridgehead atoms. The molecule has 0 unspecified atom stereocenters. The highest BCUT2D eigenvalue weighted by Gasteiger charge is 2.30. The van der Waals surface area contributed by atoms with E-state index in [1.165, 1.54) is 16.4 Å². The van der Waals surface area contributed by atoms with Gasteiger partial charge < -0.3 is 5.32 Å². The van der Waals surface area contributed by atoms with Crippen molar-refractivity contribution in [3.63, 3.8) is 0 Å². The van der Waals surface area contributed by atoms with E-state index in [9.17, 15) is 22.0 Å². The van der Waals surface area contributed by atoms with Crippen LogP contribution in [0.1, 0.15) is 19.8 Å². The van der Waals surface area contributed by atoms with Crippen LogP contribution in [-0.2, 0) is 14.8 Å². The minimum atomic E-state index is -3.26. The molecule has 25 heavy (non-hydrogen) atoms. The molecule has 0 saturated carbocycles. The molecule has 0 radical (unpaired) electrons. The molecule has 1 aromatic carbocycles. The van der Waals surface area contributed by atoms with Gasteiger partial charge in [-0.25, -0.2) is 12.7 Å². The summed E-state index contributed by atoms with van der Waals surface area (Å²) in [6, 6.07) is 4.57. The number of benzene rings is 1. The second kappa shape index (κ2) is 8.66. The first kappa shape index (κ1) is 20.4. The van der Waals surface area contributed by atoms with Crippen LogP contribution >= 0.6 is 23.4 Å². The van der Waals surface area contributed by atoms with Crippen molar-refractivity contribution in [2.75, 3.05) is 24.2 Å². The highest BCUT2D eigenvalue weighted by molar-refractivity contribution is 7.99. The molecule has 0 aromatic heterocycles. The Morgan fingerprint density at radius 2 is 2.04 bits per heavy atom. The Morgan fingerprint density at radius 1 is 1.40 bits per heavy atom. The highest BCUT2D eigenvalue weighted by atomic mass is 35.5. The van der Waals surface area contributed by atoms with Gasteiger partial charge in [0.05, 0.1) is 21.4 Å². The third kappa shape index (κ3) is 5.29. The fourth-order valence-corrected chi connectivity index (χ4v) is 4.67. The van der Waals surface area contributed by atoms with Gasteiger partial charge >= 0.3 is 0 Å². The number of rotatable bonds is 6. The number of halogens is 3. The van der Waals surface area contributed by atoms with Gasteiger partial charge in [0.2, 0.25) is 15.9 Å². The summed E-state index contributed by atoms with van der Waals surface area (Å²) in [5.74, 6) is -3.31. The summed E-state index contributed by atoms with van der Waals surface area (Å²) in [6.07, 6.45) is 0.784. The number of hydrogen-bond donors (Lipinski definition) is 1. The van der Waals surface area contributed by atoms with Gasteiger partial charge in [-0.1, -0.05) is 29.4 Å². The normalized spacial score (nSPS) is 17.0. The average Bonchev–Trinajstić information content (AvgIpc) is 2.57. The molecule has 1 amide bonds. The zero-order valence-corrected chi connectivity index (χ0v) is 15.9. The first-order chi connectivity index (χ1) is 11.7. The van der Waals surface area contributed by atoms with Crippen LogP contribution in [0.15, 0.2) is 23.1 Å². The summed E-state index contributed by atoms with van der Waals surface area (Å²) in [5.41, 5.74) is 0.242.